The number of nitrogens with one attached hydrogen (secondary N) is 1. The molecule has 1 heterocycles. The van der Waals surface area contributed by atoms with E-state index in [1.165, 1.54) is 35.7 Å². The zero-order valence-electron chi connectivity index (χ0n) is 16.3. The predicted octanol–water partition coefficient (Wildman–Crippen LogP) is 1.66. The van der Waals surface area contributed by atoms with Crippen LogP contribution in [0.5, 0.6) is 0 Å². The lowest BCUT2D eigenvalue weighted by Gasteiger charge is -2.31. The number of nitrogens with zero attached hydrogens (tertiary/aromatic N) is 2. The van der Waals surface area contributed by atoms with Gasteiger partial charge in [0.1, 0.15) is 0 Å². The van der Waals surface area contributed by atoms with E-state index in [4.69, 9.17) is 0 Å². The molecule has 1 fully saturated rings. The Balaban J connectivity index is 1.75. The van der Waals surface area contributed by atoms with Gasteiger partial charge in [-0.05, 0) is 49.5 Å². The lowest BCUT2D eigenvalue weighted by molar-refractivity contribution is 0.0600. The van der Waals surface area contributed by atoms with E-state index in [-0.39, 0.29) is 10.5 Å². The molecule has 2 aromatic carbocycles. The van der Waals surface area contributed by atoms with Gasteiger partial charge in [-0.25, -0.2) is 13.2 Å². The summed E-state index contributed by atoms with van der Waals surface area (Å²) in [6, 6.07) is 12.2. The van der Waals surface area contributed by atoms with Crippen molar-refractivity contribution in [3.05, 3.63) is 59.7 Å². The summed E-state index contributed by atoms with van der Waals surface area (Å²) in [5, 5.41) is 2.70. The van der Waals surface area contributed by atoms with E-state index in [9.17, 15) is 18.0 Å². The molecule has 0 unspecified atom stereocenters. The van der Waals surface area contributed by atoms with Crippen LogP contribution in [-0.2, 0) is 14.8 Å². The second-order valence-corrected chi connectivity index (χ2v) is 8.70. The van der Waals surface area contributed by atoms with E-state index in [1.807, 2.05) is 7.05 Å². The Morgan fingerprint density at radius 2 is 1.62 bits per heavy atom. The van der Waals surface area contributed by atoms with Gasteiger partial charge in [-0.2, -0.15) is 4.31 Å². The van der Waals surface area contributed by atoms with Crippen molar-refractivity contribution in [3.8, 4) is 0 Å². The summed E-state index contributed by atoms with van der Waals surface area (Å²) in [6.07, 6.45) is 0. The van der Waals surface area contributed by atoms with Gasteiger partial charge in [-0.3, -0.25) is 4.79 Å². The smallest absolute Gasteiger partial charge is 0.337 e. The molecule has 0 radical (unpaired) electrons. The summed E-state index contributed by atoms with van der Waals surface area (Å²) in [6.45, 7) is 2.17. The van der Waals surface area contributed by atoms with Crippen LogP contribution in [0.3, 0.4) is 0 Å². The third-order valence-corrected chi connectivity index (χ3v) is 6.65. The van der Waals surface area contributed by atoms with Crippen molar-refractivity contribution in [2.24, 2.45) is 0 Å². The minimum atomic E-state index is -3.66. The first-order valence-corrected chi connectivity index (χ1v) is 10.5. The van der Waals surface area contributed by atoms with Gasteiger partial charge < -0.3 is 15.0 Å². The van der Waals surface area contributed by atoms with Crippen molar-refractivity contribution in [1.82, 2.24) is 9.21 Å². The number of anilines is 1. The molecule has 29 heavy (non-hydrogen) atoms. The van der Waals surface area contributed by atoms with Gasteiger partial charge in [-0.1, -0.05) is 6.07 Å². The molecular weight excluding hydrogens is 394 g/mol. The van der Waals surface area contributed by atoms with Crippen molar-refractivity contribution in [2.75, 3.05) is 45.7 Å². The van der Waals surface area contributed by atoms with Crippen LogP contribution in [0.4, 0.5) is 5.69 Å². The van der Waals surface area contributed by atoms with Crippen molar-refractivity contribution in [3.63, 3.8) is 0 Å². The summed E-state index contributed by atoms with van der Waals surface area (Å²) in [5.41, 5.74) is 1.08. The van der Waals surface area contributed by atoms with Crippen LogP contribution in [0.25, 0.3) is 0 Å². The maximum Gasteiger partial charge on any atom is 0.337 e. The third kappa shape index (κ3) is 4.81. The molecule has 8 nitrogen and oxygen atoms in total. The summed E-state index contributed by atoms with van der Waals surface area (Å²) >= 11 is 0. The zero-order chi connectivity index (χ0) is 21.0. The second-order valence-electron chi connectivity index (χ2n) is 6.76. The van der Waals surface area contributed by atoms with E-state index < -0.39 is 21.9 Å². The fourth-order valence-corrected chi connectivity index (χ4v) is 4.45. The summed E-state index contributed by atoms with van der Waals surface area (Å²) < 4.78 is 31.9. The van der Waals surface area contributed by atoms with E-state index in [0.29, 0.717) is 37.4 Å². The monoisotopic (exact) mass is 417 g/mol. The van der Waals surface area contributed by atoms with Gasteiger partial charge in [0.05, 0.1) is 17.6 Å². The van der Waals surface area contributed by atoms with Crippen LogP contribution in [0.1, 0.15) is 20.7 Å². The molecule has 1 N–H and O–H groups in total. The van der Waals surface area contributed by atoms with Crippen LogP contribution >= 0.6 is 0 Å². The molecule has 3 rings (SSSR count). The molecule has 0 saturated carbocycles. The average Bonchev–Trinajstić information content (AvgIpc) is 2.74. The first kappa shape index (κ1) is 21.0. The number of piperazine rings is 1. The number of esters is 1. The number of benzene rings is 2. The van der Waals surface area contributed by atoms with Crippen molar-refractivity contribution in [2.45, 2.75) is 4.90 Å². The maximum atomic E-state index is 12.9. The lowest BCUT2D eigenvalue weighted by Crippen LogP contribution is -2.47. The van der Waals surface area contributed by atoms with Gasteiger partial charge in [-0.15, -0.1) is 0 Å². The fourth-order valence-electron chi connectivity index (χ4n) is 2.99. The van der Waals surface area contributed by atoms with E-state index in [2.05, 4.69) is 15.0 Å². The number of hydrogen-bond acceptors (Lipinski definition) is 6. The molecule has 9 heteroatoms. The standard InChI is InChI=1S/C20H23N3O5S/c1-22-10-12-23(13-11-22)29(26,27)18-5-3-4-16(14-18)19(24)21-17-8-6-15(7-9-17)20(25)28-2/h3-9,14H,10-13H2,1-2H3,(H,21,24). The number of carbonyl (C=O) groups is 2. The Morgan fingerprint density at radius 3 is 2.24 bits per heavy atom. The Hall–Kier alpha value is -2.75. The molecule has 0 bridgehead atoms. The van der Waals surface area contributed by atoms with Crippen LogP contribution in [0.15, 0.2) is 53.4 Å². The highest BCUT2D eigenvalue weighted by Crippen LogP contribution is 2.20. The largest absolute Gasteiger partial charge is 0.465 e. The van der Waals surface area contributed by atoms with Crippen LogP contribution in [0.2, 0.25) is 0 Å². The van der Waals surface area contributed by atoms with E-state index >= 15 is 0 Å². The molecule has 0 spiro atoms. The SMILES string of the molecule is COC(=O)c1ccc(NC(=O)c2cccc(S(=O)(=O)N3CCN(C)CC3)c2)cc1. The first-order chi connectivity index (χ1) is 13.8. The number of carbonyl (C=O) groups excluding carboxylic acids is 2. The molecule has 0 atom stereocenters. The molecule has 0 aliphatic carbocycles. The van der Waals surface area contributed by atoms with Gasteiger partial charge in [0.2, 0.25) is 10.0 Å². The number of methoxy groups -OCH3 is 1. The van der Waals surface area contributed by atoms with E-state index in [1.54, 1.807) is 24.3 Å². The number of sulfonamides is 1. The van der Waals surface area contributed by atoms with Crippen LogP contribution < -0.4 is 5.32 Å². The topological polar surface area (TPSA) is 96.0 Å². The fraction of sp³-hybridized carbons (Fsp3) is 0.300. The highest BCUT2D eigenvalue weighted by atomic mass is 32.2. The van der Waals surface area contributed by atoms with Crippen molar-refractivity contribution >= 4 is 27.6 Å². The van der Waals surface area contributed by atoms with Crippen molar-refractivity contribution in [1.29, 1.82) is 0 Å². The number of likely N-dealkylation sites (N-methyl/N-ethyl adjacent to an activating group) is 1. The Labute approximate surface area is 170 Å². The van der Waals surface area contributed by atoms with Crippen molar-refractivity contribution < 1.29 is 22.7 Å². The maximum absolute atomic E-state index is 12.9. The molecule has 1 saturated heterocycles. The van der Waals surface area contributed by atoms with Gasteiger partial charge in [0, 0.05) is 37.4 Å². The highest BCUT2D eigenvalue weighted by Gasteiger charge is 2.27. The Bertz CT molecular complexity index is 997. The Morgan fingerprint density at radius 1 is 0.966 bits per heavy atom. The quantitative estimate of drug-likeness (QED) is 0.744. The molecule has 1 amide bonds. The summed E-state index contributed by atoms with van der Waals surface area (Å²) in [7, 11) is -0.413. The van der Waals surface area contributed by atoms with Gasteiger partial charge >= 0.3 is 5.97 Å². The normalized spacial score (nSPS) is 15.7. The average molecular weight is 417 g/mol. The molecule has 0 aromatic heterocycles. The van der Waals surface area contributed by atoms with Gasteiger partial charge in [0.15, 0.2) is 0 Å². The summed E-state index contributed by atoms with van der Waals surface area (Å²) in [5.74, 6) is -0.907. The molecule has 154 valence electrons. The minimum Gasteiger partial charge on any atom is -0.465 e. The van der Waals surface area contributed by atoms with Crippen LogP contribution in [-0.4, -0.2) is 69.8 Å². The molecule has 1 aliphatic rings. The minimum absolute atomic E-state index is 0.0933. The number of ether oxygens (including phenoxy) is 1. The number of amides is 1. The zero-order valence-corrected chi connectivity index (χ0v) is 17.1. The molecule has 1 aliphatic heterocycles. The molecular formula is C20H23N3O5S. The second kappa shape index (κ2) is 8.73. The van der Waals surface area contributed by atoms with Gasteiger partial charge in [0.25, 0.3) is 5.91 Å². The molecule has 2 aromatic rings. The first-order valence-electron chi connectivity index (χ1n) is 9.10. The van der Waals surface area contributed by atoms with Crippen LogP contribution in [0, 0.1) is 0 Å². The number of hydrogen-bond donors (Lipinski definition) is 1. The van der Waals surface area contributed by atoms with E-state index in [0.717, 1.165) is 0 Å². The summed E-state index contributed by atoms with van der Waals surface area (Å²) in [4.78, 5) is 26.2. The third-order valence-electron chi connectivity index (χ3n) is 4.76. The highest BCUT2D eigenvalue weighted by molar-refractivity contribution is 7.89. The predicted molar refractivity (Wildman–Crippen MR) is 108 cm³/mol. The number of rotatable bonds is 5. The lowest BCUT2D eigenvalue weighted by atomic mass is 10.2. The Kier molecular flexibility index (Phi) is 6.31.